The highest BCUT2D eigenvalue weighted by molar-refractivity contribution is 5.42. The summed E-state index contributed by atoms with van der Waals surface area (Å²) in [6.45, 7) is 2.56. The van der Waals surface area contributed by atoms with E-state index >= 15 is 0 Å². The molecule has 0 bridgehead atoms. The van der Waals surface area contributed by atoms with Crippen molar-refractivity contribution in [1.82, 2.24) is 19.7 Å². The van der Waals surface area contributed by atoms with Crippen LogP contribution in [0.15, 0.2) is 23.1 Å². The summed E-state index contributed by atoms with van der Waals surface area (Å²) in [5, 5.41) is 4.68. The standard InChI is InChI=1S/C20H28N6O/c1-24(2)18-7-10-21-20(22-18)25-11-8-15(9-12-25)14-26-19(27)13-16-5-3-4-6-17(16)23-26/h7,10,13,15H,3-6,8-9,11-12,14H2,1-2H3. The van der Waals surface area contributed by atoms with E-state index in [9.17, 15) is 4.79 Å². The van der Waals surface area contributed by atoms with E-state index in [0.717, 1.165) is 68.3 Å². The van der Waals surface area contributed by atoms with Crippen molar-refractivity contribution in [2.45, 2.75) is 45.1 Å². The lowest BCUT2D eigenvalue weighted by atomic mass is 9.96. The second-order valence-corrected chi connectivity index (χ2v) is 7.88. The SMILES string of the molecule is CN(C)c1ccnc(N2CCC(Cn3nc4c(cc3=O)CCCC4)CC2)n1. The van der Waals surface area contributed by atoms with Crippen LogP contribution >= 0.6 is 0 Å². The van der Waals surface area contributed by atoms with Crippen LogP contribution < -0.4 is 15.4 Å². The molecule has 0 atom stereocenters. The first-order chi connectivity index (χ1) is 13.1. The fourth-order valence-corrected chi connectivity index (χ4v) is 4.03. The van der Waals surface area contributed by atoms with Crippen LogP contribution in [0.4, 0.5) is 11.8 Å². The van der Waals surface area contributed by atoms with E-state index in [4.69, 9.17) is 0 Å². The van der Waals surface area contributed by atoms with Gasteiger partial charge in [0, 0.05) is 46.0 Å². The van der Waals surface area contributed by atoms with Crippen molar-refractivity contribution >= 4 is 11.8 Å². The summed E-state index contributed by atoms with van der Waals surface area (Å²) < 4.78 is 1.70. The van der Waals surface area contributed by atoms with Crippen molar-refractivity contribution in [1.29, 1.82) is 0 Å². The zero-order chi connectivity index (χ0) is 18.8. The van der Waals surface area contributed by atoms with Crippen molar-refractivity contribution in [2.24, 2.45) is 5.92 Å². The first-order valence-corrected chi connectivity index (χ1v) is 9.95. The van der Waals surface area contributed by atoms with E-state index in [-0.39, 0.29) is 5.56 Å². The molecule has 0 unspecified atom stereocenters. The van der Waals surface area contributed by atoms with Crippen molar-refractivity contribution in [3.63, 3.8) is 0 Å². The van der Waals surface area contributed by atoms with E-state index in [1.807, 2.05) is 37.3 Å². The highest BCUT2D eigenvalue weighted by Crippen LogP contribution is 2.23. The summed E-state index contributed by atoms with van der Waals surface area (Å²) in [5.41, 5.74) is 2.35. The summed E-state index contributed by atoms with van der Waals surface area (Å²) in [5.74, 6) is 2.20. The van der Waals surface area contributed by atoms with Crippen molar-refractivity contribution in [2.75, 3.05) is 37.0 Å². The maximum atomic E-state index is 12.4. The van der Waals surface area contributed by atoms with E-state index in [1.54, 1.807) is 4.68 Å². The lowest BCUT2D eigenvalue weighted by Gasteiger charge is -2.32. The highest BCUT2D eigenvalue weighted by Gasteiger charge is 2.23. The molecule has 7 heteroatoms. The van der Waals surface area contributed by atoms with Gasteiger partial charge in [0.2, 0.25) is 5.95 Å². The van der Waals surface area contributed by atoms with Crippen LogP contribution in [-0.2, 0) is 19.4 Å². The number of piperidine rings is 1. The van der Waals surface area contributed by atoms with Gasteiger partial charge in [0.1, 0.15) is 5.82 Å². The predicted octanol–water partition coefficient (Wildman–Crippen LogP) is 1.89. The minimum atomic E-state index is 0.0556. The maximum absolute atomic E-state index is 12.4. The largest absolute Gasteiger partial charge is 0.363 e. The molecule has 144 valence electrons. The number of hydrogen-bond acceptors (Lipinski definition) is 6. The molecule has 1 aliphatic carbocycles. The monoisotopic (exact) mass is 368 g/mol. The molecule has 1 saturated heterocycles. The van der Waals surface area contributed by atoms with Gasteiger partial charge in [-0.25, -0.2) is 9.67 Å². The number of hydrogen-bond donors (Lipinski definition) is 0. The minimum absolute atomic E-state index is 0.0556. The van der Waals surface area contributed by atoms with Gasteiger partial charge in [-0.15, -0.1) is 0 Å². The van der Waals surface area contributed by atoms with Crippen molar-refractivity contribution in [3.05, 3.63) is 39.9 Å². The third-order valence-corrected chi connectivity index (χ3v) is 5.69. The molecular formula is C20H28N6O. The number of nitrogens with zero attached hydrogens (tertiary/aromatic N) is 6. The van der Waals surface area contributed by atoms with Gasteiger partial charge in [-0.05, 0) is 56.1 Å². The van der Waals surface area contributed by atoms with E-state index in [0.29, 0.717) is 5.92 Å². The number of anilines is 2. The Morgan fingerprint density at radius 2 is 1.96 bits per heavy atom. The quantitative estimate of drug-likeness (QED) is 0.821. The van der Waals surface area contributed by atoms with Crippen LogP contribution in [0.5, 0.6) is 0 Å². The molecule has 27 heavy (non-hydrogen) atoms. The molecular weight excluding hydrogens is 340 g/mol. The fourth-order valence-electron chi connectivity index (χ4n) is 4.03. The topological polar surface area (TPSA) is 67.2 Å². The van der Waals surface area contributed by atoms with Gasteiger partial charge in [0.25, 0.3) is 5.56 Å². The molecule has 1 aliphatic heterocycles. The summed E-state index contributed by atoms with van der Waals surface area (Å²) in [6, 6.07) is 3.74. The third kappa shape index (κ3) is 3.96. The highest BCUT2D eigenvalue weighted by atomic mass is 16.1. The average molecular weight is 368 g/mol. The summed E-state index contributed by atoms with van der Waals surface area (Å²) in [7, 11) is 3.98. The summed E-state index contributed by atoms with van der Waals surface area (Å²) >= 11 is 0. The zero-order valence-corrected chi connectivity index (χ0v) is 16.3. The molecule has 2 aromatic rings. The minimum Gasteiger partial charge on any atom is -0.363 e. The molecule has 0 aromatic carbocycles. The number of fused-ring (bicyclic) bond motifs is 1. The molecule has 0 amide bonds. The molecule has 2 aromatic heterocycles. The lowest BCUT2D eigenvalue weighted by molar-refractivity contribution is 0.330. The second-order valence-electron chi connectivity index (χ2n) is 7.88. The molecule has 0 radical (unpaired) electrons. The van der Waals surface area contributed by atoms with Gasteiger partial charge < -0.3 is 9.80 Å². The van der Waals surface area contributed by atoms with Gasteiger partial charge in [-0.3, -0.25) is 4.79 Å². The molecule has 2 aliphatic rings. The van der Waals surface area contributed by atoms with Crippen LogP contribution in [-0.4, -0.2) is 46.9 Å². The Morgan fingerprint density at radius 3 is 2.74 bits per heavy atom. The summed E-state index contributed by atoms with van der Waals surface area (Å²) in [6.07, 6.45) is 8.24. The Hall–Kier alpha value is -2.44. The third-order valence-electron chi connectivity index (χ3n) is 5.69. The van der Waals surface area contributed by atoms with Crippen LogP contribution in [0.25, 0.3) is 0 Å². The molecule has 0 saturated carbocycles. The maximum Gasteiger partial charge on any atom is 0.267 e. The van der Waals surface area contributed by atoms with Crippen LogP contribution in [0, 0.1) is 5.92 Å². The molecule has 0 spiro atoms. The van der Waals surface area contributed by atoms with Gasteiger partial charge in [-0.1, -0.05) is 0 Å². The molecule has 1 fully saturated rings. The lowest BCUT2D eigenvalue weighted by Crippen LogP contribution is -2.38. The predicted molar refractivity (Wildman–Crippen MR) is 106 cm³/mol. The Kier molecular flexibility index (Phi) is 5.09. The summed E-state index contributed by atoms with van der Waals surface area (Å²) in [4.78, 5) is 25.7. The fraction of sp³-hybridized carbons (Fsp3) is 0.600. The van der Waals surface area contributed by atoms with E-state index in [2.05, 4.69) is 20.0 Å². The molecule has 3 heterocycles. The van der Waals surface area contributed by atoms with Gasteiger partial charge >= 0.3 is 0 Å². The molecule has 4 rings (SSSR count). The first kappa shape index (κ1) is 17.9. The van der Waals surface area contributed by atoms with Gasteiger partial charge in [0.15, 0.2) is 0 Å². The number of aromatic nitrogens is 4. The van der Waals surface area contributed by atoms with Crippen molar-refractivity contribution < 1.29 is 0 Å². The van der Waals surface area contributed by atoms with Crippen LogP contribution in [0.1, 0.15) is 36.9 Å². The second kappa shape index (κ2) is 7.66. The number of rotatable bonds is 4. The number of aryl methyl sites for hydroxylation is 2. The van der Waals surface area contributed by atoms with Crippen LogP contribution in [0.2, 0.25) is 0 Å². The van der Waals surface area contributed by atoms with E-state index < -0.39 is 0 Å². The zero-order valence-electron chi connectivity index (χ0n) is 16.3. The smallest absolute Gasteiger partial charge is 0.267 e. The Bertz CT molecular complexity index is 854. The van der Waals surface area contributed by atoms with E-state index in [1.165, 1.54) is 12.8 Å². The normalized spacial score (nSPS) is 17.6. The Balaban J connectivity index is 1.40. The Labute approximate surface area is 160 Å². The van der Waals surface area contributed by atoms with Gasteiger partial charge in [-0.2, -0.15) is 10.1 Å². The van der Waals surface area contributed by atoms with Gasteiger partial charge in [0.05, 0.1) is 5.69 Å². The molecule has 7 nitrogen and oxygen atoms in total. The Morgan fingerprint density at radius 1 is 1.19 bits per heavy atom. The van der Waals surface area contributed by atoms with Crippen molar-refractivity contribution in [3.8, 4) is 0 Å². The average Bonchev–Trinajstić information content (AvgIpc) is 2.69. The first-order valence-electron chi connectivity index (χ1n) is 9.95. The van der Waals surface area contributed by atoms with Crippen LogP contribution in [0.3, 0.4) is 0 Å². The molecule has 0 N–H and O–H groups in total.